The van der Waals surface area contributed by atoms with Gasteiger partial charge in [0.2, 0.25) is 11.8 Å². The number of rotatable bonds is 9. The molecule has 1 aliphatic carbocycles. The Kier molecular flexibility index (Phi) is 8.40. The number of nitrogens with one attached hydrogen (secondary N) is 3. The lowest BCUT2D eigenvalue weighted by atomic mass is 9.91. The fraction of sp³-hybridized carbons (Fsp3) is 0.320. The highest BCUT2D eigenvalue weighted by Gasteiger charge is 2.20. The molecule has 0 atom stereocenters. The first-order chi connectivity index (χ1) is 17.4. The van der Waals surface area contributed by atoms with E-state index in [1.54, 1.807) is 42.7 Å². The predicted molar refractivity (Wildman–Crippen MR) is 143 cm³/mol. The van der Waals surface area contributed by atoms with Crippen LogP contribution in [0.3, 0.4) is 0 Å². The molecule has 9 nitrogen and oxygen atoms in total. The van der Waals surface area contributed by atoms with Gasteiger partial charge in [-0.2, -0.15) is 4.98 Å². The molecular formula is C25H29ClN6O3S. The van der Waals surface area contributed by atoms with Gasteiger partial charge >= 0.3 is 0 Å². The lowest BCUT2D eigenvalue weighted by Gasteiger charge is -2.28. The smallest absolute Gasteiger partial charge is 0.263 e. The van der Waals surface area contributed by atoms with Gasteiger partial charge in [0.15, 0.2) is 5.82 Å². The van der Waals surface area contributed by atoms with Gasteiger partial charge in [0.05, 0.1) is 17.0 Å². The van der Waals surface area contributed by atoms with Gasteiger partial charge in [0.1, 0.15) is 0 Å². The Morgan fingerprint density at radius 1 is 1.03 bits per heavy atom. The third kappa shape index (κ3) is 6.51. The van der Waals surface area contributed by atoms with E-state index in [9.17, 15) is 8.42 Å². The first-order valence-corrected chi connectivity index (χ1v) is 13.5. The molecule has 0 unspecified atom stereocenters. The number of ether oxygens (including phenoxy) is 1. The van der Waals surface area contributed by atoms with Crippen LogP contribution in [0.1, 0.15) is 36.8 Å². The van der Waals surface area contributed by atoms with Crippen molar-refractivity contribution in [1.29, 1.82) is 0 Å². The molecule has 36 heavy (non-hydrogen) atoms. The molecule has 1 aromatic carbocycles. The number of anilines is 2. The number of sulfonamides is 1. The molecule has 1 aliphatic rings. The van der Waals surface area contributed by atoms with E-state index in [-0.39, 0.29) is 21.6 Å². The van der Waals surface area contributed by atoms with Gasteiger partial charge in [-0.05, 0) is 57.0 Å². The third-order valence-electron chi connectivity index (χ3n) is 6.04. The number of hydrogen-bond donors (Lipinski definition) is 3. The summed E-state index contributed by atoms with van der Waals surface area (Å²) in [5.74, 6) is 0.812. The Morgan fingerprint density at radius 3 is 2.33 bits per heavy atom. The number of nitrogens with zero attached hydrogens (tertiary/aromatic N) is 3. The fourth-order valence-electron chi connectivity index (χ4n) is 4.02. The Hall–Kier alpha value is -3.21. The second-order valence-electron chi connectivity index (χ2n) is 8.49. The van der Waals surface area contributed by atoms with Crippen molar-refractivity contribution in [2.75, 3.05) is 24.2 Å². The molecule has 11 heteroatoms. The summed E-state index contributed by atoms with van der Waals surface area (Å²) in [6.45, 7) is 0. The van der Waals surface area contributed by atoms with Crippen LogP contribution in [0.15, 0.2) is 53.7 Å². The zero-order valence-corrected chi connectivity index (χ0v) is 21.7. The lowest BCUT2D eigenvalue weighted by molar-refractivity contribution is 0.370. The summed E-state index contributed by atoms with van der Waals surface area (Å²) in [7, 11) is -0.380. The van der Waals surface area contributed by atoms with Crippen molar-refractivity contribution in [3.63, 3.8) is 0 Å². The van der Waals surface area contributed by atoms with E-state index in [2.05, 4.69) is 30.3 Å². The van der Waals surface area contributed by atoms with Crippen LogP contribution in [0.2, 0.25) is 5.02 Å². The monoisotopic (exact) mass is 528 g/mol. The Balaban J connectivity index is 1.44. The summed E-state index contributed by atoms with van der Waals surface area (Å²) in [4.78, 5) is 13.2. The van der Waals surface area contributed by atoms with Crippen molar-refractivity contribution < 1.29 is 13.2 Å². The zero-order valence-electron chi connectivity index (χ0n) is 20.1. The standard InChI is InChI=1S/C25H29ClN6O3S/c1-27-19-10-12-20(13-11-19)30-25-28-15-17(16-29-25)8-9-18-14-22(26)23(31-24(18)35-2)32-36(33,34)21-6-4-3-5-7-21/h3-9,14-16,19-20,27H,10-13H2,1-2H3,(H,31,32)(H,28,29,30)/b9-8+. The Morgan fingerprint density at radius 2 is 1.69 bits per heavy atom. The lowest BCUT2D eigenvalue weighted by Crippen LogP contribution is -2.35. The summed E-state index contributed by atoms with van der Waals surface area (Å²) in [6, 6.07) is 10.5. The van der Waals surface area contributed by atoms with Crippen molar-refractivity contribution in [3.05, 3.63) is 64.9 Å². The van der Waals surface area contributed by atoms with E-state index in [1.807, 2.05) is 13.1 Å². The minimum Gasteiger partial charge on any atom is -0.481 e. The summed E-state index contributed by atoms with van der Waals surface area (Å²) in [6.07, 6.45) is 11.5. The van der Waals surface area contributed by atoms with Crippen LogP contribution in [0.4, 0.5) is 11.8 Å². The molecule has 3 aromatic rings. The summed E-state index contributed by atoms with van der Waals surface area (Å²) in [5, 5.41) is 6.88. The van der Waals surface area contributed by atoms with Crippen molar-refractivity contribution >= 4 is 45.5 Å². The van der Waals surface area contributed by atoms with E-state index in [1.165, 1.54) is 19.2 Å². The highest BCUT2D eigenvalue weighted by molar-refractivity contribution is 7.92. The molecular weight excluding hydrogens is 500 g/mol. The van der Waals surface area contributed by atoms with Gasteiger partial charge in [-0.3, -0.25) is 4.72 Å². The van der Waals surface area contributed by atoms with E-state index in [0.717, 1.165) is 31.2 Å². The maximum atomic E-state index is 12.6. The van der Waals surface area contributed by atoms with E-state index in [0.29, 0.717) is 23.6 Å². The third-order valence-corrected chi connectivity index (χ3v) is 7.69. The molecule has 190 valence electrons. The molecule has 2 aromatic heterocycles. The van der Waals surface area contributed by atoms with Gasteiger partial charge in [-0.15, -0.1) is 0 Å². The largest absolute Gasteiger partial charge is 0.481 e. The molecule has 4 rings (SSSR count). The number of aromatic nitrogens is 3. The molecule has 0 spiro atoms. The van der Waals surface area contributed by atoms with Gasteiger partial charge in [-0.25, -0.2) is 18.4 Å². The maximum Gasteiger partial charge on any atom is 0.263 e. The summed E-state index contributed by atoms with van der Waals surface area (Å²) < 4.78 is 33.1. The maximum absolute atomic E-state index is 12.6. The molecule has 0 bridgehead atoms. The van der Waals surface area contributed by atoms with Crippen molar-refractivity contribution in [2.24, 2.45) is 0 Å². The van der Waals surface area contributed by atoms with Crippen LogP contribution in [0.25, 0.3) is 12.2 Å². The van der Waals surface area contributed by atoms with Crippen LogP contribution in [-0.2, 0) is 10.0 Å². The Bertz CT molecular complexity index is 1300. The van der Waals surface area contributed by atoms with Crippen molar-refractivity contribution in [1.82, 2.24) is 20.3 Å². The summed E-state index contributed by atoms with van der Waals surface area (Å²) >= 11 is 6.35. The van der Waals surface area contributed by atoms with Crippen molar-refractivity contribution in [2.45, 2.75) is 42.7 Å². The van der Waals surface area contributed by atoms with Gasteiger partial charge in [0.25, 0.3) is 10.0 Å². The van der Waals surface area contributed by atoms with Gasteiger partial charge in [-0.1, -0.05) is 35.9 Å². The molecule has 1 saturated carbocycles. The molecule has 0 radical (unpaired) electrons. The molecule has 3 N–H and O–H groups in total. The zero-order chi connectivity index (χ0) is 25.5. The van der Waals surface area contributed by atoms with E-state index >= 15 is 0 Å². The number of hydrogen-bond acceptors (Lipinski definition) is 8. The first kappa shape index (κ1) is 25.9. The van der Waals surface area contributed by atoms with Crippen LogP contribution in [-0.4, -0.2) is 49.6 Å². The highest BCUT2D eigenvalue weighted by Crippen LogP contribution is 2.30. The van der Waals surface area contributed by atoms with E-state index < -0.39 is 10.0 Å². The average Bonchev–Trinajstić information content (AvgIpc) is 2.90. The first-order valence-electron chi connectivity index (χ1n) is 11.6. The van der Waals surface area contributed by atoms with Crippen LogP contribution in [0.5, 0.6) is 5.88 Å². The molecule has 0 saturated heterocycles. The molecule has 1 fully saturated rings. The molecule has 0 aliphatic heterocycles. The topological polar surface area (TPSA) is 118 Å². The van der Waals surface area contributed by atoms with Gasteiger partial charge in [0, 0.05) is 35.6 Å². The molecule has 0 amide bonds. The quantitative estimate of drug-likeness (QED) is 0.373. The fourth-order valence-corrected chi connectivity index (χ4v) is 5.33. The number of methoxy groups -OCH3 is 1. The highest BCUT2D eigenvalue weighted by atomic mass is 35.5. The van der Waals surface area contributed by atoms with Crippen LogP contribution < -0.4 is 20.1 Å². The summed E-state index contributed by atoms with van der Waals surface area (Å²) in [5.41, 5.74) is 1.36. The van der Waals surface area contributed by atoms with Gasteiger partial charge < -0.3 is 15.4 Å². The second-order valence-corrected chi connectivity index (χ2v) is 10.6. The molecule has 2 heterocycles. The predicted octanol–water partition coefficient (Wildman–Crippen LogP) is 4.45. The minimum absolute atomic E-state index is 0.0166. The number of pyridine rings is 1. The SMILES string of the molecule is CNC1CCC(Nc2ncc(/C=C/c3cc(Cl)c(NS(=O)(=O)c4ccccc4)nc3OC)cn2)CC1. The Labute approximate surface area is 216 Å². The number of halogens is 1. The van der Waals surface area contributed by atoms with Crippen molar-refractivity contribution in [3.8, 4) is 5.88 Å². The average molecular weight is 529 g/mol. The van der Waals surface area contributed by atoms with Crippen LogP contribution in [0, 0.1) is 0 Å². The minimum atomic E-state index is -3.84. The normalized spacial score (nSPS) is 18.2. The van der Waals surface area contributed by atoms with Crippen LogP contribution >= 0.6 is 11.6 Å². The second kappa shape index (κ2) is 11.7. The number of benzene rings is 1. The van der Waals surface area contributed by atoms with E-state index in [4.69, 9.17) is 16.3 Å².